The zero-order chi connectivity index (χ0) is 62.4. The lowest BCUT2D eigenvalue weighted by Gasteiger charge is -2.40. The molecule has 0 radical (unpaired) electrons. The fourth-order valence-electron chi connectivity index (χ4n) is 12.7. The molecule has 0 saturated carbocycles. The standard InChI is InChI=1S/C75H147NO10/c1-3-5-7-9-11-13-15-17-19-21-23-25-27-29-31-32-33-34-35-37-38-40-42-44-46-48-50-52-54-56-58-60-62-67(78)70(80)66(65-85-75-73(83)72(82)71(81)69(64-77)86-75)76-74(84)68(79)63-61-59-57-55-53-51-49-47-45-43-41-39-36-30-28-26-24-22-20-18-16-14-12-10-8-6-4-2/h54,56,66-73,75,77-83H,3-53,55,57-65H2,1-2H3,(H,76,84)/b56-54+. The van der Waals surface area contributed by atoms with E-state index in [0.717, 1.165) is 32.1 Å². The highest BCUT2D eigenvalue weighted by molar-refractivity contribution is 5.80. The van der Waals surface area contributed by atoms with Crippen LogP contribution in [0.25, 0.3) is 0 Å². The molecule has 0 bridgehead atoms. The Morgan fingerprint density at radius 1 is 0.395 bits per heavy atom. The monoisotopic (exact) mass is 1220 g/mol. The minimum atomic E-state index is -1.67. The minimum absolute atomic E-state index is 0.260. The van der Waals surface area contributed by atoms with Crippen LogP contribution >= 0.6 is 0 Å². The van der Waals surface area contributed by atoms with Crippen LogP contribution in [0.1, 0.15) is 393 Å². The zero-order valence-corrected chi connectivity index (χ0v) is 56.8. The van der Waals surface area contributed by atoms with E-state index in [9.17, 15) is 40.5 Å². The quantitative estimate of drug-likeness (QED) is 0.0215. The highest BCUT2D eigenvalue weighted by Gasteiger charge is 2.44. The summed E-state index contributed by atoms with van der Waals surface area (Å²) in [5.41, 5.74) is 0. The molecule has 8 N–H and O–H groups in total. The van der Waals surface area contributed by atoms with Crippen molar-refractivity contribution in [2.45, 2.75) is 448 Å². The van der Waals surface area contributed by atoms with Crippen molar-refractivity contribution in [2.24, 2.45) is 0 Å². The molecule has 0 aromatic heterocycles. The number of aliphatic hydroxyl groups excluding tert-OH is 7. The van der Waals surface area contributed by atoms with E-state index in [1.165, 1.54) is 321 Å². The summed E-state index contributed by atoms with van der Waals surface area (Å²) in [6, 6.07) is -1.18. The normalized spacial score (nSPS) is 18.7. The van der Waals surface area contributed by atoms with E-state index in [2.05, 4.69) is 31.3 Å². The van der Waals surface area contributed by atoms with E-state index in [-0.39, 0.29) is 12.8 Å². The SMILES string of the molecule is CCCCCCCCCCCCCCCCCCCCCCCCCCCCC/C=C/CCCC(O)C(O)C(COC1OC(CO)C(O)C(O)C1O)NC(=O)C(O)CCCCCCCCCCCCCCCCCCCCCCCCCCCCC. The molecule has 1 amide bonds. The van der Waals surface area contributed by atoms with Crippen LogP contribution in [0.2, 0.25) is 0 Å². The van der Waals surface area contributed by atoms with E-state index in [0.29, 0.717) is 12.8 Å². The first-order valence-electron chi connectivity index (χ1n) is 38.1. The molecule has 1 fully saturated rings. The predicted octanol–water partition coefficient (Wildman–Crippen LogP) is 19.0. The molecule has 0 spiro atoms. The lowest BCUT2D eigenvalue weighted by Crippen LogP contribution is -2.60. The van der Waals surface area contributed by atoms with Crippen molar-refractivity contribution in [2.75, 3.05) is 13.2 Å². The average Bonchev–Trinajstić information content (AvgIpc) is 2.54. The van der Waals surface area contributed by atoms with Crippen LogP contribution in [0, 0.1) is 0 Å². The summed E-state index contributed by atoms with van der Waals surface area (Å²) in [6.07, 6.45) is 68.9. The van der Waals surface area contributed by atoms with Gasteiger partial charge in [-0.3, -0.25) is 4.79 Å². The highest BCUT2D eigenvalue weighted by Crippen LogP contribution is 2.24. The van der Waals surface area contributed by atoms with Gasteiger partial charge in [0.15, 0.2) is 6.29 Å². The lowest BCUT2D eigenvalue weighted by atomic mass is 9.98. The molecule has 9 unspecified atom stereocenters. The predicted molar refractivity (Wildman–Crippen MR) is 363 cm³/mol. The van der Waals surface area contributed by atoms with Crippen molar-refractivity contribution in [3.05, 3.63) is 12.2 Å². The number of ether oxygens (including phenoxy) is 2. The third kappa shape index (κ3) is 50.5. The summed E-state index contributed by atoms with van der Waals surface area (Å²) >= 11 is 0. The van der Waals surface area contributed by atoms with Crippen molar-refractivity contribution >= 4 is 5.91 Å². The molecule has 0 aromatic carbocycles. The van der Waals surface area contributed by atoms with Crippen LogP contribution in [-0.2, 0) is 14.3 Å². The minimum Gasteiger partial charge on any atom is -0.394 e. The summed E-state index contributed by atoms with van der Waals surface area (Å²) in [6.45, 7) is 3.52. The number of amides is 1. The van der Waals surface area contributed by atoms with Crippen LogP contribution in [0.4, 0.5) is 0 Å². The van der Waals surface area contributed by atoms with E-state index < -0.39 is 74.2 Å². The number of allylic oxidation sites excluding steroid dienone is 2. The van der Waals surface area contributed by atoms with Crippen LogP contribution in [0.15, 0.2) is 12.2 Å². The summed E-state index contributed by atoms with van der Waals surface area (Å²) < 4.78 is 11.2. The van der Waals surface area contributed by atoms with Gasteiger partial charge in [-0.15, -0.1) is 0 Å². The number of carbonyl (C=O) groups excluding carboxylic acids is 1. The number of unbranched alkanes of at least 4 members (excludes halogenated alkanes) is 54. The van der Waals surface area contributed by atoms with Gasteiger partial charge >= 0.3 is 0 Å². The first-order valence-corrected chi connectivity index (χ1v) is 38.1. The van der Waals surface area contributed by atoms with Gasteiger partial charge in [-0.1, -0.05) is 366 Å². The van der Waals surface area contributed by atoms with Crippen molar-refractivity contribution < 1.29 is 50.0 Å². The first-order chi connectivity index (χ1) is 42.2. The largest absolute Gasteiger partial charge is 0.394 e. The topological polar surface area (TPSA) is 189 Å². The molecule has 1 aliphatic heterocycles. The first kappa shape index (κ1) is 82.9. The van der Waals surface area contributed by atoms with Crippen molar-refractivity contribution in [1.82, 2.24) is 5.32 Å². The fraction of sp³-hybridized carbons (Fsp3) is 0.960. The summed E-state index contributed by atoms with van der Waals surface area (Å²) in [5.74, 6) is -0.697. The molecule has 1 saturated heterocycles. The van der Waals surface area contributed by atoms with Crippen molar-refractivity contribution in [3.8, 4) is 0 Å². The number of carbonyl (C=O) groups is 1. The van der Waals surface area contributed by atoms with E-state index in [1.807, 2.05) is 0 Å². The van der Waals surface area contributed by atoms with Crippen LogP contribution < -0.4 is 5.32 Å². The lowest BCUT2D eigenvalue weighted by molar-refractivity contribution is -0.303. The molecule has 11 heteroatoms. The number of aliphatic hydroxyl groups is 7. The van der Waals surface area contributed by atoms with Gasteiger partial charge in [0.25, 0.3) is 0 Å². The molecule has 11 nitrogen and oxygen atoms in total. The van der Waals surface area contributed by atoms with Gasteiger partial charge in [0, 0.05) is 0 Å². The molecule has 0 aromatic rings. The van der Waals surface area contributed by atoms with E-state index in [4.69, 9.17) is 9.47 Å². The second-order valence-corrected chi connectivity index (χ2v) is 27.1. The van der Waals surface area contributed by atoms with Gasteiger partial charge in [-0.2, -0.15) is 0 Å². The Balaban J connectivity index is 2.16. The fourth-order valence-corrected chi connectivity index (χ4v) is 12.7. The van der Waals surface area contributed by atoms with Crippen molar-refractivity contribution in [1.29, 1.82) is 0 Å². The number of hydrogen-bond donors (Lipinski definition) is 8. The summed E-state index contributed by atoms with van der Waals surface area (Å²) in [4.78, 5) is 13.3. The molecule has 1 heterocycles. The highest BCUT2D eigenvalue weighted by atomic mass is 16.7. The van der Waals surface area contributed by atoms with E-state index >= 15 is 0 Å². The third-order valence-electron chi connectivity index (χ3n) is 18.8. The summed E-state index contributed by atoms with van der Waals surface area (Å²) in [5, 5.41) is 76.6. The van der Waals surface area contributed by atoms with Gasteiger partial charge in [-0.05, 0) is 38.5 Å². The molecule has 512 valence electrons. The van der Waals surface area contributed by atoms with Gasteiger partial charge in [-0.25, -0.2) is 0 Å². The number of hydrogen-bond acceptors (Lipinski definition) is 10. The number of nitrogens with one attached hydrogen (secondary N) is 1. The maximum atomic E-state index is 13.3. The van der Waals surface area contributed by atoms with Crippen LogP contribution in [0.5, 0.6) is 0 Å². The smallest absolute Gasteiger partial charge is 0.249 e. The molecule has 86 heavy (non-hydrogen) atoms. The maximum absolute atomic E-state index is 13.3. The molecule has 9 atom stereocenters. The third-order valence-corrected chi connectivity index (χ3v) is 18.8. The Kier molecular flexibility index (Phi) is 61.6. The average molecular weight is 1220 g/mol. The second-order valence-electron chi connectivity index (χ2n) is 27.1. The van der Waals surface area contributed by atoms with Crippen molar-refractivity contribution in [3.63, 3.8) is 0 Å². The molecule has 0 aliphatic carbocycles. The Labute approximate surface area is 532 Å². The van der Waals surface area contributed by atoms with Crippen LogP contribution in [-0.4, -0.2) is 110 Å². The van der Waals surface area contributed by atoms with Gasteiger partial charge in [0.05, 0.1) is 25.4 Å². The Morgan fingerprint density at radius 3 is 1.00 bits per heavy atom. The molecule has 1 aliphatic rings. The maximum Gasteiger partial charge on any atom is 0.249 e. The Bertz CT molecular complexity index is 1400. The zero-order valence-electron chi connectivity index (χ0n) is 56.8. The van der Waals surface area contributed by atoms with Gasteiger partial charge < -0.3 is 50.5 Å². The Hall–Kier alpha value is -1.15. The van der Waals surface area contributed by atoms with Gasteiger partial charge in [0.1, 0.15) is 36.6 Å². The number of rotatable bonds is 68. The second kappa shape index (κ2) is 64.0. The molecular formula is C75H147NO10. The van der Waals surface area contributed by atoms with E-state index in [1.54, 1.807) is 0 Å². The molecule has 1 rings (SSSR count). The van der Waals surface area contributed by atoms with Gasteiger partial charge in [0.2, 0.25) is 5.91 Å². The Morgan fingerprint density at radius 2 is 0.686 bits per heavy atom. The van der Waals surface area contributed by atoms with Crippen LogP contribution in [0.3, 0.4) is 0 Å². The summed E-state index contributed by atoms with van der Waals surface area (Å²) in [7, 11) is 0. The molecular weight excluding hydrogens is 1070 g/mol.